The standard InChI is InChI=1S/C20H31N3O2S.HI/c1-3-26(25)17-9-6-8-16(13-17)23-19(21-2)22-14-20(24)12-11-15-7-4-5-10-18(15)20;/h4-5,7,10,16-17,24H,3,6,8-9,11-14H2,1-2H3,(H2,21,22,23);1H. The number of aliphatic imine (C=N–C) groups is 1. The van der Waals surface area contributed by atoms with Crippen molar-refractivity contribution >= 4 is 40.7 Å². The fraction of sp³-hybridized carbons (Fsp3) is 0.650. The topological polar surface area (TPSA) is 73.7 Å². The van der Waals surface area contributed by atoms with Gasteiger partial charge in [0.2, 0.25) is 0 Å². The van der Waals surface area contributed by atoms with Crippen molar-refractivity contribution in [1.82, 2.24) is 10.6 Å². The molecule has 27 heavy (non-hydrogen) atoms. The Hall–Kier alpha value is -0.670. The lowest BCUT2D eigenvalue weighted by molar-refractivity contribution is 0.0431. The highest BCUT2D eigenvalue weighted by Gasteiger charge is 2.36. The van der Waals surface area contributed by atoms with Crippen molar-refractivity contribution in [2.45, 2.75) is 62.3 Å². The lowest BCUT2D eigenvalue weighted by Gasteiger charge is -2.31. The summed E-state index contributed by atoms with van der Waals surface area (Å²) in [5.41, 5.74) is 1.42. The summed E-state index contributed by atoms with van der Waals surface area (Å²) in [7, 11) is 1.03. The van der Waals surface area contributed by atoms with Crippen LogP contribution in [0.3, 0.4) is 0 Å². The van der Waals surface area contributed by atoms with Crippen molar-refractivity contribution in [2.24, 2.45) is 4.99 Å². The SMILES string of the molecule is CCS(=O)C1CCCC(NC(=NC)NCC2(O)CCc3ccccc32)C1.I. The van der Waals surface area contributed by atoms with Crippen LogP contribution in [0.5, 0.6) is 0 Å². The molecule has 2 aliphatic rings. The zero-order valence-electron chi connectivity index (χ0n) is 16.2. The van der Waals surface area contributed by atoms with Gasteiger partial charge in [0.25, 0.3) is 0 Å². The average Bonchev–Trinajstić information content (AvgIpc) is 3.02. The number of rotatable bonds is 5. The largest absolute Gasteiger partial charge is 0.383 e. The van der Waals surface area contributed by atoms with Crippen LogP contribution in [0.25, 0.3) is 0 Å². The maximum absolute atomic E-state index is 12.1. The molecule has 4 atom stereocenters. The molecule has 3 rings (SSSR count). The highest BCUT2D eigenvalue weighted by atomic mass is 127. The second-order valence-corrected chi connectivity index (χ2v) is 9.42. The molecule has 4 unspecified atom stereocenters. The van der Waals surface area contributed by atoms with Gasteiger partial charge in [-0.05, 0) is 43.2 Å². The third kappa shape index (κ3) is 5.44. The van der Waals surface area contributed by atoms with Crippen molar-refractivity contribution in [3.05, 3.63) is 35.4 Å². The van der Waals surface area contributed by atoms with Crippen molar-refractivity contribution in [3.8, 4) is 0 Å². The Labute approximate surface area is 182 Å². The van der Waals surface area contributed by atoms with E-state index in [0.29, 0.717) is 12.6 Å². The summed E-state index contributed by atoms with van der Waals surface area (Å²) in [6.07, 6.45) is 5.80. The van der Waals surface area contributed by atoms with Crippen LogP contribution in [0.2, 0.25) is 0 Å². The second-order valence-electron chi connectivity index (χ2n) is 7.41. The predicted molar refractivity (Wildman–Crippen MR) is 123 cm³/mol. The van der Waals surface area contributed by atoms with Gasteiger partial charge in [-0.2, -0.15) is 0 Å². The van der Waals surface area contributed by atoms with E-state index >= 15 is 0 Å². The molecule has 0 amide bonds. The zero-order valence-corrected chi connectivity index (χ0v) is 19.4. The van der Waals surface area contributed by atoms with E-state index in [-0.39, 0.29) is 29.2 Å². The van der Waals surface area contributed by atoms with Crippen LogP contribution in [0, 0.1) is 0 Å². The van der Waals surface area contributed by atoms with Crippen LogP contribution < -0.4 is 10.6 Å². The van der Waals surface area contributed by atoms with Gasteiger partial charge in [0.1, 0.15) is 5.60 Å². The van der Waals surface area contributed by atoms with Crippen LogP contribution in [0.1, 0.15) is 50.2 Å². The van der Waals surface area contributed by atoms with Crippen molar-refractivity contribution in [2.75, 3.05) is 19.3 Å². The number of aliphatic hydroxyl groups is 1. The smallest absolute Gasteiger partial charge is 0.191 e. The first-order valence-electron chi connectivity index (χ1n) is 9.71. The average molecular weight is 505 g/mol. The van der Waals surface area contributed by atoms with Gasteiger partial charge in [0.15, 0.2) is 5.96 Å². The Balaban J connectivity index is 0.00000261. The minimum Gasteiger partial charge on any atom is -0.383 e. The lowest BCUT2D eigenvalue weighted by Crippen LogP contribution is -2.49. The number of nitrogens with one attached hydrogen (secondary N) is 2. The highest BCUT2D eigenvalue weighted by molar-refractivity contribution is 14.0. The number of hydrogen-bond acceptors (Lipinski definition) is 3. The van der Waals surface area contributed by atoms with Crippen LogP contribution in [-0.2, 0) is 22.8 Å². The molecule has 1 fully saturated rings. The number of benzene rings is 1. The second kappa shape index (κ2) is 10.2. The van der Waals surface area contributed by atoms with Crippen molar-refractivity contribution in [1.29, 1.82) is 0 Å². The van der Waals surface area contributed by atoms with Gasteiger partial charge in [0.05, 0.1) is 6.54 Å². The van der Waals surface area contributed by atoms with Crippen molar-refractivity contribution < 1.29 is 9.32 Å². The number of fused-ring (bicyclic) bond motifs is 1. The Bertz CT molecular complexity index is 685. The number of halogens is 1. The van der Waals surface area contributed by atoms with Gasteiger partial charge >= 0.3 is 0 Å². The first kappa shape index (κ1) is 22.6. The number of aryl methyl sites for hydroxylation is 1. The molecule has 3 N–H and O–H groups in total. The lowest BCUT2D eigenvalue weighted by atomic mass is 9.95. The fourth-order valence-corrected chi connectivity index (χ4v) is 5.57. The predicted octanol–water partition coefficient (Wildman–Crippen LogP) is 2.68. The van der Waals surface area contributed by atoms with E-state index < -0.39 is 16.4 Å². The summed E-state index contributed by atoms with van der Waals surface area (Å²) in [6, 6.07) is 8.42. The summed E-state index contributed by atoms with van der Waals surface area (Å²) >= 11 is 0. The Morgan fingerprint density at radius 3 is 2.89 bits per heavy atom. The quantitative estimate of drug-likeness (QED) is 0.327. The summed E-state index contributed by atoms with van der Waals surface area (Å²) in [4.78, 5) is 4.33. The molecule has 5 nitrogen and oxygen atoms in total. The highest BCUT2D eigenvalue weighted by Crippen LogP contribution is 2.36. The molecule has 2 aliphatic carbocycles. The van der Waals surface area contributed by atoms with Crippen molar-refractivity contribution in [3.63, 3.8) is 0 Å². The Morgan fingerprint density at radius 1 is 1.37 bits per heavy atom. The maximum Gasteiger partial charge on any atom is 0.191 e. The normalized spacial score (nSPS) is 28.8. The molecule has 0 aromatic heterocycles. The molecule has 152 valence electrons. The number of hydrogen-bond donors (Lipinski definition) is 3. The molecule has 0 radical (unpaired) electrons. The van der Waals surface area contributed by atoms with E-state index in [4.69, 9.17) is 0 Å². The van der Waals surface area contributed by atoms with E-state index in [0.717, 1.165) is 55.8 Å². The van der Waals surface area contributed by atoms with Gasteiger partial charge < -0.3 is 15.7 Å². The Kier molecular flexibility index (Phi) is 8.55. The molecular formula is C20H32IN3O2S. The molecule has 0 aliphatic heterocycles. The van der Waals surface area contributed by atoms with Gasteiger partial charge in [-0.3, -0.25) is 9.20 Å². The molecular weight excluding hydrogens is 473 g/mol. The molecule has 0 saturated heterocycles. The fourth-order valence-electron chi connectivity index (χ4n) is 4.22. The van der Waals surface area contributed by atoms with Crippen LogP contribution in [-0.4, -0.2) is 45.9 Å². The van der Waals surface area contributed by atoms with E-state index in [1.165, 1.54) is 5.56 Å². The van der Waals surface area contributed by atoms with E-state index in [2.05, 4.69) is 21.7 Å². The maximum atomic E-state index is 12.1. The molecule has 0 heterocycles. The van der Waals surface area contributed by atoms with Crippen LogP contribution in [0.4, 0.5) is 0 Å². The van der Waals surface area contributed by atoms with Gasteiger partial charge in [-0.15, -0.1) is 24.0 Å². The first-order chi connectivity index (χ1) is 12.6. The zero-order chi connectivity index (χ0) is 18.6. The molecule has 1 aromatic carbocycles. The summed E-state index contributed by atoms with van der Waals surface area (Å²) in [5, 5.41) is 18.1. The number of nitrogens with zero attached hydrogens (tertiary/aromatic N) is 1. The summed E-state index contributed by atoms with van der Waals surface area (Å²) in [6.45, 7) is 2.44. The molecule has 0 bridgehead atoms. The van der Waals surface area contributed by atoms with Gasteiger partial charge in [0, 0.05) is 34.9 Å². The van der Waals surface area contributed by atoms with Crippen LogP contribution in [0.15, 0.2) is 29.3 Å². The van der Waals surface area contributed by atoms with E-state index in [1.54, 1.807) is 7.05 Å². The molecule has 1 aromatic rings. The van der Waals surface area contributed by atoms with Gasteiger partial charge in [-0.1, -0.05) is 37.6 Å². The third-order valence-corrected chi connectivity index (χ3v) is 7.46. The van der Waals surface area contributed by atoms with Gasteiger partial charge in [-0.25, -0.2) is 0 Å². The number of guanidine groups is 1. The summed E-state index contributed by atoms with van der Waals surface area (Å²) < 4.78 is 12.1. The minimum atomic E-state index is -0.840. The minimum absolute atomic E-state index is 0. The third-order valence-electron chi connectivity index (χ3n) is 5.72. The molecule has 0 spiro atoms. The molecule has 7 heteroatoms. The van der Waals surface area contributed by atoms with Crippen LogP contribution >= 0.6 is 24.0 Å². The first-order valence-corrected chi connectivity index (χ1v) is 11.1. The Morgan fingerprint density at radius 2 is 2.15 bits per heavy atom. The monoisotopic (exact) mass is 505 g/mol. The molecule has 1 saturated carbocycles. The van der Waals surface area contributed by atoms with E-state index in [1.807, 2.05) is 25.1 Å². The summed E-state index contributed by atoms with van der Waals surface area (Å²) in [5.74, 6) is 1.45. The van der Waals surface area contributed by atoms with E-state index in [9.17, 15) is 9.32 Å².